The summed E-state index contributed by atoms with van der Waals surface area (Å²) < 4.78 is 22.0. The molecule has 0 bridgehead atoms. The minimum atomic E-state index is -3.56. The summed E-state index contributed by atoms with van der Waals surface area (Å²) in [5.74, 6) is -0.208. The van der Waals surface area contributed by atoms with Gasteiger partial charge in [0.25, 0.3) is 0 Å². The van der Waals surface area contributed by atoms with Gasteiger partial charge < -0.3 is 5.11 Å². The third-order valence-electron chi connectivity index (χ3n) is 2.07. The maximum atomic E-state index is 11.0. The van der Waals surface area contributed by atoms with Crippen molar-refractivity contribution in [3.05, 3.63) is 35.4 Å². The Bertz CT molecular complexity index is 460. The number of halogens is 1. The lowest BCUT2D eigenvalue weighted by atomic mass is 9.95. The van der Waals surface area contributed by atoms with E-state index in [0.29, 0.717) is 12.0 Å². The molecule has 0 fully saturated rings. The molecule has 0 amide bonds. The van der Waals surface area contributed by atoms with Crippen molar-refractivity contribution < 1.29 is 13.5 Å². The zero-order valence-corrected chi connectivity index (χ0v) is 10.8. The van der Waals surface area contributed by atoms with E-state index >= 15 is 0 Å². The number of hydrogen-bond acceptors (Lipinski definition) is 3. The topological polar surface area (TPSA) is 54.4 Å². The summed E-state index contributed by atoms with van der Waals surface area (Å²) in [5.41, 5.74) is 0.575. The monoisotopic (exact) mass is 262 g/mol. The summed E-state index contributed by atoms with van der Waals surface area (Å²) in [6, 6.07) is 7.08. The van der Waals surface area contributed by atoms with Gasteiger partial charge in [-0.3, -0.25) is 0 Å². The second-order valence-corrected chi connectivity index (χ2v) is 7.22. The molecule has 1 aromatic rings. The quantitative estimate of drug-likeness (QED) is 0.845. The van der Waals surface area contributed by atoms with E-state index < -0.39 is 14.7 Å². The molecule has 0 atom stereocenters. The third-order valence-corrected chi connectivity index (χ3v) is 3.05. The second kappa shape index (κ2) is 4.73. The molecule has 0 spiro atoms. The molecule has 0 heterocycles. The van der Waals surface area contributed by atoms with E-state index in [1.165, 1.54) is 0 Å². The zero-order chi connectivity index (χ0) is 12.4. The summed E-state index contributed by atoms with van der Waals surface area (Å²) in [6.45, 7) is 3.36. The van der Waals surface area contributed by atoms with Gasteiger partial charge in [0.05, 0.1) is 11.4 Å². The molecule has 0 saturated heterocycles. The van der Waals surface area contributed by atoms with Crippen molar-refractivity contribution in [3.8, 4) is 0 Å². The zero-order valence-electron chi connectivity index (χ0n) is 9.27. The van der Waals surface area contributed by atoms with Crippen LogP contribution in [0.15, 0.2) is 24.3 Å². The molecule has 3 nitrogen and oxygen atoms in total. The minimum absolute atomic E-state index is 0.208. The van der Waals surface area contributed by atoms with E-state index in [-0.39, 0.29) is 5.75 Å². The summed E-state index contributed by atoms with van der Waals surface area (Å²) in [7, 11) is 1.66. The van der Waals surface area contributed by atoms with Crippen LogP contribution in [-0.4, -0.2) is 19.1 Å². The Balaban J connectivity index is 3.01. The maximum Gasteiger partial charge on any atom is 0.236 e. The molecule has 1 aromatic carbocycles. The van der Waals surface area contributed by atoms with Crippen molar-refractivity contribution >= 4 is 19.7 Å². The lowest BCUT2D eigenvalue weighted by Gasteiger charge is -2.19. The van der Waals surface area contributed by atoms with Crippen molar-refractivity contribution in [2.45, 2.75) is 31.6 Å². The van der Waals surface area contributed by atoms with E-state index in [1.54, 1.807) is 32.0 Å². The average molecular weight is 263 g/mol. The highest BCUT2D eigenvalue weighted by molar-refractivity contribution is 8.13. The third kappa shape index (κ3) is 4.96. The van der Waals surface area contributed by atoms with Gasteiger partial charge in [-0.1, -0.05) is 24.3 Å². The Labute approximate surface area is 100 Å². The lowest BCUT2D eigenvalue weighted by Crippen LogP contribution is -2.22. The normalized spacial score (nSPS) is 12.8. The summed E-state index contributed by atoms with van der Waals surface area (Å²) in [5, 5.41) is 9.71. The molecule has 0 aliphatic carbocycles. The maximum absolute atomic E-state index is 11.0. The van der Waals surface area contributed by atoms with Crippen LogP contribution in [0.2, 0.25) is 0 Å². The Kier molecular flexibility index (Phi) is 3.99. The molecule has 0 aliphatic rings. The van der Waals surface area contributed by atoms with Crippen LogP contribution in [0.1, 0.15) is 25.0 Å². The highest BCUT2D eigenvalue weighted by atomic mass is 35.7. The smallest absolute Gasteiger partial charge is 0.236 e. The first-order valence-electron chi connectivity index (χ1n) is 4.89. The van der Waals surface area contributed by atoms with E-state index in [4.69, 9.17) is 10.7 Å². The molecular weight excluding hydrogens is 248 g/mol. The van der Waals surface area contributed by atoms with Crippen molar-refractivity contribution in [1.82, 2.24) is 0 Å². The number of hydrogen-bond donors (Lipinski definition) is 1. The predicted molar refractivity (Wildman–Crippen MR) is 64.9 cm³/mol. The van der Waals surface area contributed by atoms with E-state index in [2.05, 4.69) is 0 Å². The minimum Gasteiger partial charge on any atom is -0.390 e. The Morgan fingerprint density at radius 2 is 1.75 bits per heavy atom. The molecule has 0 aliphatic heterocycles. The fourth-order valence-corrected chi connectivity index (χ4v) is 2.53. The fraction of sp³-hybridized carbons (Fsp3) is 0.455. The first kappa shape index (κ1) is 13.5. The molecule has 0 radical (unpaired) electrons. The summed E-state index contributed by atoms with van der Waals surface area (Å²) in [4.78, 5) is 0. The van der Waals surface area contributed by atoms with E-state index in [1.807, 2.05) is 6.07 Å². The van der Waals surface area contributed by atoms with Gasteiger partial charge in [0.15, 0.2) is 0 Å². The van der Waals surface area contributed by atoms with Crippen molar-refractivity contribution in [1.29, 1.82) is 0 Å². The highest BCUT2D eigenvalue weighted by Crippen LogP contribution is 2.19. The Hall–Kier alpha value is -0.580. The van der Waals surface area contributed by atoms with Crippen molar-refractivity contribution in [2.24, 2.45) is 0 Å². The summed E-state index contributed by atoms with van der Waals surface area (Å²) in [6.07, 6.45) is 0.398. The predicted octanol–water partition coefficient (Wildman–Crippen LogP) is 2.07. The standard InChI is InChI=1S/C11H15ClO3S/c1-11(2,13)7-9-5-3-4-6-10(9)8-16(12,14)15/h3-6,13H,7-8H2,1-2H3. The first-order chi connectivity index (χ1) is 7.17. The Morgan fingerprint density at radius 3 is 2.19 bits per heavy atom. The number of benzene rings is 1. The van der Waals surface area contributed by atoms with Gasteiger partial charge in [0, 0.05) is 17.1 Å². The van der Waals surface area contributed by atoms with Gasteiger partial charge in [-0.05, 0) is 25.0 Å². The lowest BCUT2D eigenvalue weighted by molar-refractivity contribution is 0.0808. The van der Waals surface area contributed by atoms with Gasteiger partial charge in [-0.25, -0.2) is 8.42 Å². The molecule has 16 heavy (non-hydrogen) atoms. The SMILES string of the molecule is CC(C)(O)Cc1ccccc1CS(=O)(=O)Cl. The van der Waals surface area contributed by atoms with Gasteiger partial charge in [0.2, 0.25) is 9.05 Å². The van der Waals surface area contributed by atoms with Gasteiger partial charge in [0.1, 0.15) is 0 Å². The van der Waals surface area contributed by atoms with Crippen molar-refractivity contribution in [2.75, 3.05) is 0 Å². The van der Waals surface area contributed by atoms with Gasteiger partial charge in [-0.15, -0.1) is 0 Å². The Morgan fingerprint density at radius 1 is 1.25 bits per heavy atom. The molecular formula is C11H15ClO3S. The highest BCUT2D eigenvalue weighted by Gasteiger charge is 2.17. The van der Waals surface area contributed by atoms with Crippen LogP contribution in [0, 0.1) is 0 Å². The molecule has 0 saturated carbocycles. The molecule has 1 N–H and O–H groups in total. The van der Waals surface area contributed by atoms with Crippen LogP contribution in [0.25, 0.3) is 0 Å². The van der Waals surface area contributed by atoms with Crippen molar-refractivity contribution in [3.63, 3.8) is 0 Å². The number of aliphatic hydroxyl groups is 1. The fourth-order valence-electron chi connectivity index (χ4n) is 1.52. The van der Waals surface area contributed by atoms with Gasteiger partial charge in [-0.2, -0.15) is 0 Å². The molecule has 90 valence electrons. The average Bonchev–Trinajstić information content (AvgIpc) is 2.03. The van der Waals surface area contributed by atoms with Crippen LogP contribution in [0.4, 0.5) is 0 Å². The van der Waals surface area contributed by atoms with Crippen LogP contribution in [0.3, 0.4) is 0 Å². The molecule has 0 aromatic heterocycles. The first-order valence-corrected chi connectivity index (χ1v) is 7.37. The van der Waals surface area contributed by atoms with Gasteiger partial charge >= 0.3 is 0 Å². The van der Waals surface area contributed by atoms with E-state index in [0.717, 1.165) is 5.56 Å². The largest absolute Gasteiger partial charge is 0.390 e. The molecule has 0 unspecified atom stereocenters. The van der Waals surface area contributed by atoms with E-state index in [9.17, 15) is 13.5 Å². The molecule has 1 rings (SSSR count). The van der Waals surface area contributed by atoms with Crippen LogP contribution >= 0.6 is 10.7 Å². The molecule has 5 heteroatoms. The van der Waals surface area contributed by atoms with Crippen LogP contribution < -0.4 is 0 Å². The second-order valence-electron chi connectivity index (χ2n) is 4.44. The van der Waals surface area contributed by atoms with Crippen LogP contribution in [0.5, 0.6) is 0 Å². The van der Waals surface area contributed by atoms with Crippen LogP contribution in [-0.2, 0) is 21.2 Å². The summed E-state index contributed by atoms with van der Waals surface area (Å²) >= 11 is 0. The number of rotatable bonds is 4.